The fourth-order valence-electron chi connectivity index (χ4n) is 2.29. The van der Waals surface area contributed by atoms with Crippen molar-refractivity contribution in [2.75, 3.05) is 0 Å². The Balaban J connectivity index is 1.54. The third-order valence-electron chi connectivity index (χ3n) is 3.41. The number of nitrogens with zero attached hydrogens (tertiary/aromatic N) is 4. The van der Waals surface area contributed by atoms with Crippen molar-refractivity contribution < 1.29 is 4.79 Å². The molecule has 0 saturated heterocycles. The Morgan fingerprint density at radius 1 is 1.14 bits per heavy atom. The number of nitrogens with one attached hydrogen (secondary N) is 3. The number of pyridine rings is 1. The highest BCUT2D eigenvalue weighted by Crippen LogP contribution is 2.13. The van der Waals surface area contributed by atoms with Crippen molar-refractivity contribution in [3.8, 4) is 0 Å². The Labute approximate surface area is 123 Å². The van der Waals surface area contributed by atoms with E-state index >= 15 is 0 Å². The van der Waals surface area contributed by atoms with Crippen LogP contribution in [-0.4, -0.2) is 36.5 Å². The minimum atomic E-state index is -0.184. The molecule has 0 aliphatic rings. The summed E-state index contributed by atoms with van der Waals surface area (Å²) in [5.41, 5.74) is 3.36. The van der Waals surface area contributed by atoms with Gasteiger partial charge in [-0.25, -0.2) is 4.98 Å². The van der Waals surface area contributed by atoms with Gasteiger partial charge in [0.2, 0.25) is 0 Å². The molecule has 3 N–H and O–H groups in total. The van der Waals surface area contributed by atoms with Crippen molar-refractivity contribution in [3.63, 3.8) is 0 Å². The Morgan fingerprint density at radius 3 is 3.00 bits per heavy atom. The maximum Gasteiger partial charge on any atom is 0.251 e. The second kappa shape index (κ2) is 4.92. The second-order valence-corrected chi connectivity index (χ2v) is 4.79. The fourth-order valence-corrected chi connectivity index (χ4v) is 2.29. The molecule has 0 radical (unpaired) electrons. The lowest BCUT2D eigenvalue weighted by molar-refractivity contribution is 0.0950. The Kier molecular flexibility index (Phi) is 2.78. The quantitative estimate of drug-likeness (QED) is 0.524. The van der Waals surface area contributed by atoms with Crippen LogP contribution in [0, 0.1) is 0 Å². The molecule has 0 aliphatic carbocycles. The molecule has 0 bridgehead atoms. The SMILES string of the molecule is O=C(NCc1[nH]nc2ncccc12)c1ccc2n[nH]nc2c1. The average Bonchev–Trinajstić information content (AvgIpc) is 3.18. The van der Waals surface area contributed by atoms with Crippen LogP contribution >= 0.6 is 0 Å². The molecule has 3 aromatic heterocycles. The third-order valence-corrected chi connectivity index (χ3v) is 3.41. The molecule has 4 rings (SSSR count). The topological polar surface area (TPSA) is 112 Å². The number of benzene rings is 1. The molecule has 0 spiro atoms. The zero-order chi connectivity index (χ0) is 14.9. The van der Waals surface area contributed by atoms with Crippen molar-refractivity contribution in [1.29, 1.82) is 0 Å². The van der Waals surface area contributed by atoms with Gasteiger partial charge >= 0.3 is 0 Å². The van der Waals surface area contributed by atoms with Gasteiger partial charge in [0.1, 0.15) is 11.0 Å². The highest BCUT2D eigenvalue weighted by Gasteiger charge is 2.10. The number of carbonyl (C=O) groups is 1. The van der Waals surface area contributed by atoms with E-state index in [2.05, 4.69) is 35.9 Å². The molecular weight excluding hydrogens is 282 g/mol. The second-order valence-electron chi connectivity index (χ2n) is 4.79. The summed E-state index contributed by atoms with van der Waals surface area (Å²) in [7, 11) is 0. The summed E-state index contributed by atoms with van der Waals surface area (Å²) >= 11 is 0. The average molecular weight is 293 g/mol. The van der Waals surface area contributed by atoms with Gasteiger partial charge in [-0.3, -0.25) is 9.89 Å². The molecule has 22 heavy (non-hydrogen) atoms. The summed E-state index contributed by atoms with van der Waals surface area (Å²) in [5.74, 6) is -0.184. The van der Waals surface area contributed by atoms with E-state index in [1.54, 1.807) is 24.4 Å². The minimum absolute atomic E-state index is 0.184. The molecule has 0 fully saturated rings. The van der Waals surface area contributed by atoms with E-state index in [9.17, 15) is 4.79 Å². The van der Waals surface area contributed by atoms with Crippen LogP contribution < -0.4 is 5.32 Å². The lowest BCUT2D eigenvalue weighted by Gasteiger charge is -2.04. The van der Waals surface area contributed by atoms with Crippen molar-refractivity contribution in [2.24, 2.45) is 0 Å². The van der Waals surface area contributed by atoms with E-state index in [-0.39, 0.29) is 5.91 Å². The maximum atomic E-state index is 12.2. The van der Waals surface area contributed by atoms with Crippen LogP contribution in [0.1, 0.15) is 16.1 Å². The normalized spacial score (nSPS) is 11.1. The van der Waals surface area contributed by atoms with Gasteiger partial charge in [0.15, 0.2) is 5.65 Å². The van der Waals surface area contributed by atoms with Gasteiger partial charge in [-0.1, -0.05) is 0 Å². The maximum absolute atomic E-state index is 12.2. The number of fused-ring (bicyclic) bond motifs is 2. The first-order valence-corrected chi connectivity index (χ1v) is 6.68. The predicted molar refractivity (Wildman–Crippen MR) is 78.9 cm³/mol. The van der Waals surface area contributed by atoms with Gasteiger partial charge in [0.05, 0.1) is 12.2 Å². The highest BCUT2D eigenvalue weighted by molar-refractivity contribution is 5.97. The van der Waals surface area contributed by atoms with Crippen LogP contribution in [0.25, 0.3) is 22.1 Å². The molecule has 0 saturated carbocycles. The van der Waals surface area contributed by atoms with Crippen molar-refractivity contribution in [2.45, 2.75) is 6.54 Å². The number of aromatic amines is 2. The van der Waals surface area contributed by atoms with Gasteiger partial charge in [0.25, 0.3) is 5.91 Å². The molecule has 4 aromatic rings. The molecule has 0 aliphatic heterocycles. The highest BCUT2D eigenvalue weighted by atomic mass is 16.1. The molecule has 3 heterocycles. The van der Waals surface area contributed by atoms with E-state index in [1.165, 1.54) is 0 Å². The molecule has 0 unspecified atom stereocenters. The smallest absolute Gasteiger partial charge is 0.251 e. The summed E-state index contributed by atoms with van der Waals surface area (Å²) in [4.78, 5) is 16.4. The van der Waals surface area contributed by atoms with Crippen LogP contribution in [0.4, 0.5) is 0 Å². The van der Waals surface area contributed by atoms with E-state index in [1.807, 2.05) is 12.1 Å². The number of H-pyrrole nitrogens is 2. The summed E-state index contributed by atoms with van der Waals surface area (Å²) < 4.78 is 0. The minimum Gasteiger partial charge on any atom is -0.346 e. The first-order valence-electron chi connectivity index (χ1n) is 6.68. The molecule has 1 amide bonds. The van der Waals surface area contributed by atoms with Crippen molar-refractivity contribution in [1.82, 2.24) is 35.9 Å². The number of hydrogen-bond donors (Lipinski definition) is 3. The molecule has 8 nitrogen and oxygen atoms in total. The molecule has 1 aromatic carbocycles. The van der Waals surface area contributed by atoms with Gasteiger partial charge in [-0.2, -0.15) is 20.5 Å². The summed E-state index contributed by atoms with van der Waals surface area (Å²) in [6, 6.07) is 8.91. The Hall–Kier alpha value is -3.29. The van der Waals surface area contributed by atoms with Crippen LogP contribution in [0.2, 0.25) is 0 Å². The van der Waals surface area contributed by atoms with Gasteiger partial charge in [-0.15, -0.1) is 0 Å². The van der Waals surface area contributed by atoms with Crippen LogP contribution in [0.5, 0.6) is 0 Å². The van der Waals surface area contributed by atoms with Gasteiger partial charge < -0.3 is 5.32 Å². The number of amides is 1. The summed E-state index contributed by atoms with van der Waals surface area (Å²) in [6.07, 6.45) is 1.68. The zero-order valence-corrected chi connectivity index (χ0v) is 11.4. The summed E-state index contributed by atoms with van der Waals surface area (Å²) in [5, 5.41) is 21.2. The van der Waals surface area contributed by atoms with Gasteiger partial charge in [-0.05, 0) is 30.3 Å². The standard InChI is InChI=1S/C14H11N7O/c22-14(8-3-4-10-11(6-8)19-21-18-10)16-7-12-9-2-1-5-15-13(9)20-17-12/h1-6H,7H2,(H,16,22)(H,15,17,20)(H,18,19,21). The molecular formula is C14H11N7O. The van der Waals surface area contributed by atoms with E-state index in [4.69, 9.17) is 0 Å². The van der Waals surface area contributed by atoms with E-state index in [0.717, 1.165) is 16.6 Å². The fraction of sp³-hybridized carbons (Fsp3) is 0.0714. The number of aromatic nitrogens is 6. The number of rotatable bonds is 3. The van der Waals surface area contributed by atoms with Gasteiger partial charge in [0, 0.05) is 17.1 Å². The van der Waals surface area contributed by atoms with Crippen LogP contribution in [0.15, 0.2) is 36.5 Å². The summed E-state index contributed by atoms with van der Waals surface area (Å²) in [6.45, 7) is 0.345. The van der Waals surface area contributed by atoms with Crippen molar-refractivity contribution >= 4 is 28.0 Å². The first kappa shape index (κ1) is 12.5. The van der Waals surface area contributed by atoms with E-state index in [0.29, 0.717) is 23.3 Å². The van der Waals surface area contributed by atoms with E-state index < -0.39 is 0 Å². The third kappa shape index (κ3) is 2.06. The predicted octanol–water partition coefficient (Wildman–Crippen LogP) is 1.16. The monoisotopic (exact) mass is 293 g/mol. The van der Waals surface area contributed by atoms with Crippen LogP contribution in [-0.2, 0) is 6.54 Å². The molecule has 108 valence electrons. The lowest BCUT2D eigenvalue weighted by Crippen LogP contribution is -2.23. The Bertz CT molecular complexity index is 971. The molecule has 8 heteroatoms. The van der Waals surface area contributed by atoms with Crippen LogP contribution in [0.3, 0.4) is 0 Å². The lowest BCUT2D eigenvalue weighted by atomic mass is 10.2. The number of carbonyl (C=O) groups excluding carboxylic acids is 1. The zero-order valence-electron chi connectivity index (χ0n) is 11.4. The first-order chi connectivity index (χ1) is 10.8. The van der Waals surface area contributed by atoms with Crippen molar-refractivity contribution in [3.05, 3.63) is 47.8 Å². The largest absolute Gasteiger partial charge is 0.346 e. The Morgan fingerprint density at radius 2 is 2.05 bits per heavy atom. The molecule has 0 atom stereocenters. The number of hydrogen-bond acceptors (Lipinski definition) is 5.